The number of benzene rings is 2. The second-order valence-corrected chi connectivity index (χ2v) is 6.51. The fourth-order valence-electron chi connectivity index (χ4n) is 2.50. The maximum Gasteiger partial charge on any atom is 1.00 e. The van der Waals surface area contributed by atoms with Crippen molar-refractivity contribution in [1.82, 2.24) is 5.06 Å². The van der Waals surface area contributed by atoms with E-state index in [0.29, 0.717) is 16.3 Å². The topological polar surface area (TPSA) is 81.2 Å². The number of halogens is 1. The minimum Gasteiger partial charge on any atom is -1.00 e. The van der Waals surface area contributed by atoms with Gasteiger partial charge < -0.3 is 6.16 Å². The molecule has 1 unspecified atom stereocenters. The standard InChI is InChI=1S/C18H11FN4O2S.K.H/c19-13-3-1-2-4-16(13)25-15-6-5-11(7-12(15)8-20)17-22-14-9-21-10-23(24)18(14)26-17;;/h1-7,9-10,18,24H;;/q;+1;-1. The van der Waals surface area contributed by atoms with Gasteiger partial charge in [0.05, 0.1) is 17.5 Å². The maximum absolute atomic E-state index is 13.8. The molecule has 0 saturated heterocycles. The third-order valence-electron chi connectivity index (χ3n) is 3.74. The van der Waals surface area contributed by atoms with E-state index in [1.165, 1.54) is 30.2 Å². The first-order chi connectivity index (χ1) is 12.7. The molecule has 0 aromatic heterocycles. The fraction of sp³-hybridized carbons (Fsp3) is 0.0556. The van der Waals surface area contributed by atoms with Crippen molar-refractivity contribution in [2.75, 3.05) is 0 Å². The molecule has 130 valence electrons. The summed E-state index contributed by atoms with van der Waals surface area (Å²) >= 11 is 1.34. The van der Waals surface area contributed by atoms with Gasteiger partial charge in [-0.05, 0) is 30.3 Å². The van der Waals surface area contributed by atoms with Gasteiger partial charge in [0.25, 0.3) is 0 Å². The van der Waals surface area contributed by atoms with Crippen molar-refractivity contribution in [2.45, 2.75) is 5.37 Å². The molecule has 0 saturated carbocycles. The van der Waals surface area contributed by atoms with Crippen molar-refractivity contribution >= 4 is 23.1 Å². The zero-order chi connectivity index (χ0) is 18.1. The number of ether oxygens (including phenoxy) is 1. The summed E-state index contributed by atoms with van der Waals surface area (Å²) in [5.74, 6) is -0.197. The molecular weight excluding hydrogens is 394 g/mol. The Morgan fingerprint density at radius 2 is 2.07 bits per heavy atom. The van der Waals surface area contributed by atoms with Crippen LogP contribution >= 0.6 is 11.8 Å². The van der Waals surface area contributed by atoms with E-state index >= 15 is 0 Å². The summed E-state index contributed by atoms with van der Waals surface area (Å²) in [6.07, 6.45) is 2.89. The predicted molar refractivity (Wildman–Crippen MR) is 96.9 cm³/mol. The van der Waals surface area contributed by atoms with Gasteiger partial charge in [0.15, 0.2) is 16.9 Å². The minimum atomic E-state index is -0.504. The SMILES string of the molecule is N#Cc1cc(C2=NC3=CN=CN(O)C3S2)ccc1Oc1ccccc1F.[H-].[K+]. The molecule has 0 aliphatic carbocycles. The maximum atomic E-state index is 13.8. The molecule has 6 nitrogen and oxygen atoms in total. The zero-order valence-corrected chi connectivity index (χ0v) is 18.1. The summed E-state index contributed by atoms with van der Waals surface area (Å²) in [5.41, 5.74) is 1.59. The molecule has 0 amide bonds. The molecular formula is C18H12FKN4O2S. The van der Waals surface area contributed by atoms with Gasteiger partial charge in [-0.3, -0.25) is 5.21 Å². The number of hydrogen-bond donors (Lipinski definition) is 1. The van der Waals surface area contributed by atoms with E-state index in [2.05, 4.69) is 16.1 Å². The van der Waals surface area contributed by atoms with E-state index in [-0.39, 0.29) is 75.2 Å². The summed E-state index contributed by atoms with van der Waals surface area (Å²) in [7, 11) is 0. The van der Waals surface area contributed by atoms with Crippen LogP contribution in [0.4, 0.5) is 4.39 Å². The van der Waals surface area contributed by atoms with E-state index < -0.39 is 5.82 Å². The van der Waals surface area contributed by atoms with Crippen molar-refractivity contribution in [3.63, 3.8) is 0 Å². The number of fused-ring (bicyclic) bond motifs is 1. The second-order valence-electron chi connectivity index (χ2n) is 5.44. The van der Waals surface area contributed by atoms with Crippen LogP contribution in [-0.4, -0.2) is 27.0 Å². The van der Waals surface area contributed by atoms with Crippen LogP contribution in [0.1, 0.15) is 12.6 Å². The fourth-order valence-corrected chi connectivity index (χ4v) is 3.53. The molecule has 9 heteroatoms. The number of nitriles is 1. The van der Waals surface area contributed by atoms with Crippen LogP contribution in [0.25, 0.3) is 0 Å². The molecule has 2 heterocycles. The van der Waals surface area contributed by atoms with Gasteiger partial charge >= 0.3 is 51.4 Å². The van der Waals surface area contributed by atoms with Crippen LogP contribution in [0, 0.1) is 17.1 Å². The van der Waals surface area contributed by atoms with Gasteiger partial charge in [-0.1, -0.05) is 23.9 Å². The van der Waals surface area contributed by atoms with Gasteiger partial charge in [-0.25, -0.2) is 19.4 Å². The number of aliphatic imine (C=N–C) groups is 2. The molecule has 2 aromatic rings. The number of hydrogen-bond acceptors (Lipinski definition) is 7. The Balaban J connectivity index is 0.00000140. The van der Waals surface area contributed by atoms with E-state index in [0.717, 1.165) is 5.06 Å². The largest absolute Gasteiger partial charge is 1.00 e. The smallest absolute Gasteiger partial charge is 1.00 e. The number of nitrogens with zero attached hydrogens (tertiary/aromatic N) is 4. The normalized spacial score (nSPS) is 17.4. The Bertz CT molecular complexity index is 1020. The van der Waals surface area contributed by atoms with Gasteiger partial charge in [0.2, 0.25) is 0 Å². The van der Waals surface area contributed by atoms with Gasteiger partial charge in [0, 0.05) is 5.56 Å². The monoisotopic (exact) mass is 406 g/mol. The van der Waals surface area contributed by atoms with Gasteiger partial charge in [-0.15, -0.1) is 0 Å². The first-order valence-electron chi connectivity index (χ1n) is 7.58. The van der Waals surface area contributed by atoms with Crippen molar-refractivity contribution in [1.29, 1.82) is 5.26 Å². The third-order valence-corrected chi connectivity index (χ3v) is 4.97. The van der Waals surface area contributed by atoms with Crippen LogP contribution in [0.5, 0.6) is 11.5 Å². The Kier molecular flexibility index (Phi) is 6.49. The molecule has 0 bridgehead atoms. The van der Waals surface area contributed by atoms with Crippen molar-refractivity contribution < 1.29 is 67.1 Å². The number of hydroxylamine groups is 2. The van der Waals surface area contributed by atoms with Crippen molar-refractivity contribution in [3.05, 3.63) is 71.3 Å². The number of thioether (sulfide) groups is 1. The Labute approximate surface area is 202 Å². The number of para-hydroxylation sites is 1. The quantitative estimate of drug-likeness (QED) is 0.770. The van der Waals surface area contributed by atoms with E-state index in [9.17, 15) is 14.9 Å². The average molecular weight is 406 g/mol. The average Bonchev–Trinajstić information content (AvgIpc) is 3.09. The number of rotatable bonds is 3. The molecule has 2 aliphatic heterocycles. The van der Waals surface area contributed by atoms with E-state index in [1.54, 1.807) is 36.5 Å². The summed E-state index contributed by atoms with van der Waals surface area (Å²) in [5, 5.41) is 20.5. The Hall–Kier alpha value is -1.51. The van der Waals surface area contributed by atoms with Crippen LogP contribution in [0.15, 0.2) is 64.3 Å². The van der Waals surface area contributed by atoms with Gasteiger partial charge in [0.1, 0.15) is 23.2 Å². The second kappa shape index (κ2) is 8.66. The Morgan fingerprint density at radius 1 is 1.26 bits per heavy atom. The van der Waals surface area contributed by atoms with Crippen LogP contribution in [0.3, 0.4) is 0 Å². The summed E-state index contributed by atoms with van der Waals surface area (Å²) < 4.78 is 19.3. The molecule has 4 rings (SSSR count). The third kappa shape index (κ3) is 4.17. The van der Waals surface area contributed by atoms with Gasteiger partial charge in [-0.2, -0.15) is 5.26 Å². The van der Waals surface area contributed by atoms with Crippen molar-refractivity contribution in [2.24, 2.45) is 9.98 Å². The molecule has 0 fully saturated rings. The predicted octanol–water partition coefficient (Wildman–Crippen LogP) is 1.00. The first kappa shape index (κ1) is 20.2. The molecule has 1 N–H and O–H groups in total. The molecule has 0 radical (unpaired) electrons. The first-order valence-corrected chi connectivity index (χ1v) is 8.46. The molecule has 2 aliphatic rings. The zero-order valence-electron chi connectivity index (χ0n) is 15.2. The minimum absolute atomic E-state index is 0. The van der Waals surface area contributed by atoms with Crippen LogP contribution in [-0.2, 0) is 0 Å². The molecule has 0 spiro atoms. The van der Waals surface area contributed by atoms with Crippen LogP contribution < -0.4 is 56.1 Å². The summed E-state index contributed by atoms with van der Waals surface area (Å²) in [4.78, 5) is 8.34. The summed E-state index contributed by atoms with van der Waals surface area (Å²) in [6, 6.07) is 13.0. The van der Waals surface area contributed by atoms with Crippen molar-refractivity contribution in [3.8, 4) is 17.6 Å². The van der Waals surface area contributed by atoms with Crippen LogP contribution in [0.2, 0.25) is 0 Å². The molecule has 2 aromatic carbocycles. The Morgan fingerprint density at radius 3 is 2.81 bits per heavy atom. The van der Waals surface area contributed by atoms with E-state index in [1.807, 2.05) is 0 Å². The van der Waals surface area contributed by atoms with E-state index in [4.69, 9.17) is 4.74 Å². The summed E-state index contributed by atoms with van der Waals surface area (Å²) in [6.45, 7) is 0. The molecule has 27 heavy (non-hydrogen) atoms. The molecule has 1 atom stereocenters.